The van der Waals surface area contributed by atoms with E-state index in [1.165, 1.54) is 28.8 Å². The Kier molecular flexibility index (Phi) is 5.86. The molecule has 138 valence electrons. The van der Waals surface area contributed by atoms with Gasteiger partial charge in [0.25, 0.3) is 0 Å². The summed E-state index contributed by atoms with van der Waals surface area (Å²) in [5, 5.41) is -0.0360. The molecule has 1 heterocycles. The predicted molar refractivity (Wildman–Crippen MR) is 107 cm³/mol. The van der Waals surface area contributed by atoms with E-state index in [2.05, 4.69) is 11.6 Å². The molecule has 0 radical (unpaired) electrons. The molecule has 1 amide bonds. The van der Waals surface area contributed by atoms with Gasteiger partial charge in [-0.15, -0.1) is 6.58 Å². The van der Waals surface area contributed by atoms with Crippen molar-refractivity contribution in [3.8, 4) is 0 Å². The van der Waals surface area contributed by atoms with Crippen molar-refractivity contribution in [3.63, 3.8) is 0 Å². The van der Waals surface area contributed by atoms with E-state index in [1.54, 1.807) is 30.3 Å². The lowest BCUT2D eigenvalue weighted by Gasteiger charge is -2.13. The van der Waals surface area contributed by atoms with Gasteiger partial charge in [-0.25, -0.2) is 9.38 Å². The largest absolute Gasteiger partial charge is 0.294 e. The molecular formula is C21H19FN2O2S. The second kappa shape index (κ2) is 8.31. The highest BCUT2D eigenvalue weighted by molar-refractivity contribution is 8.15. The molecule has 1 fully saturated rings. The van der Waals surface area contributed by atoms with Crippen LogP contribution in [-0.2, 0) is 4.79 Å². The lowest BCUT2D eigenvalue weighted by Crippen LogP contribution is -2.32. The number of aliphatic imine (C=N–C) groups is 1. The number of halogens is 1. The molecule has 0 aliphatic carbocycles. The van der Waals surface area contributed by atoms with Gasteiger partial charge in [0.15, 0.2) is 11.0 Å². The summed E-state index contributed by atoms with van der Waals surface area (Å²) in [4.78, 5) is 31.2. The fourth-order valence-electron chi connectivity index (χ4n) is 2.67. The minimum absolute atomic E-state index is 0.0811. The number of thioether (sulfide) groups is 1. The monoisotopic (exact) mass is 382 g/mol. The first kappa shape index (κ1) is 19.0. The van der Waals surface area contributed by atoms with Crippen LogP contribution in [0, 0.1) is 12.7 Å². The van der Waals surface area contributed by atoms with Gasteiger partial charge in [-0.3, -0.25) is 14.5 Å². The Hall–Kier alpha value is -2.73. The van der Waals surface area contributed by atoms with Crippen LogP contribution < -0.4 is 0 Å². The maximum Gasteiger partial charge on any atom is 0.242 e. The first-order chi connectivity index (χ1) is 13.0. The molecule has 6 heteroatoms. The van der Waals surface area contributed by atoms with Gasteiger partial charge in [0.2, 0.25) is 5.91 Å². The van der Waals surface area contributed by atoms with Crippen LogP contribution in [-0.4, -0.2) is 33.6 Å². The Balaban J connectivity index is 1.79. The van der Waals surface area contributed by atoms with Crippen LogP contribution in [0.25, 0.3) is 0 Å². The van der Waals surface area contributed by atoms with Crippen molar-refractivity contribution in [1.82, 2.24) is 4.90 Å². The van der Waals surface area contributed by atoms with E-state index in [0.29, 0.717) is 23.0 Å². The maximum absolute atomic E-state index is 13.1. The van der Waals surface area contributed by atoms with Crippen molar-refractivity contribution >= 4 is 34.3 Å². The Bertz CT molecular complexity index is 891. The lowest BCUT2D eigenvalue weighted by molar-refractivity contribution is -0.125. The summed E-state index contributed by atoms with van der Waals surface area (Å²) in [5.41, 5.74) is 2.21. The number of rotatable bonds is 6. The number of carbonyl (C=O) groups excluding carboxylic acids is 2. The third-order valence-electron chi connectivity index (χ3n) is 4.13. The van der Waals surface area contributed by atoms with Gasteiger partial charge in [-0.2, -0.15) is 0 Å². The minimum Gasteiger partial charge on any atom is -0.294 e. The molecule has 1 aliphatic heterocycles. The van der Waals surface area contributed by atoms with Gasteiger partial charge in [-0.1, -0.05) is 47.7 Å². The normalized spacial score (nSPS) is 18.1. The van der Waals surface area contributed by atoms with E-state index < -0.39 is 5.25 Å². The summed E-state index contributed by atoms with van der Waals surface area (Å²) in [6.45, 7) is 5.94. The first-order valence-corrected chi connectivity index (χ1v) is 9.39. The van der Waals surface area contributed by atoms with Gasteiger partial charge in [0.1, 0.15) is 5.82 Å². The third-order valence-corrected chi connectivity index (χ3v) is 5.30. The smallest absolute Gasteiger partial charge is 0.242 e. The van der Waals surface area contributed by atoms with Crippen LogP contribution in [0.3, 0.4) is 0 Å². The van der Waals surface area contributed by atoms with E-state index in [-0.39, 0.29) is 23.9 Å². The Morgan fingerprint density at radius 3 is 2.52 bits per heavy atom. The maximum atomic E-state index is 13.1. The number of hydrogen-bond donors (Lipinski definition) is 0. The highest BCUT2D eigenvalue weighted by atomic mass is 32.2. The molecule has 2 aromatic rings. The van der Waals surface area contributed by atoms with Crippen LogP contribution in [0.15, 0.2) is 66.2 Å². The molecule has 0 aromatic heterocycles. The molecular weight excluding hydrogens is 363 g/mol. The van der Waals surface area contributed by atoms with Crippen molar-refractivity contribution in [2.24, 2.45) is 4.99 Å². The number of amidine groups is 1. The first-order valence-electron chi connectivity index (χ1n) is 8.51. The van der Waals surface area contributed by atoms with Crippen LogP contribution in [0.5, 0.6) is 0 Å². The summed E-state index contributed by atoms with van der Waals surface area (Å²) in [7, 11) is 0. The van der Waals surface area contributed by atoms with Gasteiger partial charge < -0.3 is 0 Å². The van der Waals surface area contributed by atoms with Gasteiger partial charge >= 0.3 is 0 Å². The molecule has 0 N–H and O–H groups in total. The van der Waals surface area contributed by atoms with Gasteiger partial charge in [-0.05, 0) is 31.2 Å². The number of carbonyl (C=O) groups is 2. The summed E-state index contributed by atoms with van der Waals surface area (Å²) in [6.07, 6.45) is 1.71. The van der Waals surface area contributed by atoms with E-state index in [0.717, 1.165) is 5.56 Å². The number of benzene rings is 2. The standard InChI is InChI=1S/C21H19FN2O2S/c1-3-12-24-20(26)19(13-18(25)15-6-4-14(2)5-7-15)27-21(24)23-17-10-8-16(22)9-11-17/h3-11,19H,1,12-13H2,2H3. The minimum atomic E-state index is -0.530. The van der Waals surface area contributed by atoms with Crippen LogP contribution >= 0.6 is 11.8 Å². The molecule has 1 atom stereocenters. The second-order valence-corrected chi connectivity index (χ2v) is 7.38. The van der Waals surface area contributed by atoms with Crippen molar-refractivity contribution < 1.29 is 14.0 Å². The number of ketones is 1. The zero-order valence-corrected chi connectivity index (χ0v) is 15.7. The molecule has 2 aromatic carbocycles. The molecule has 1 aliphatic rings. The lowest BCUT2D eigenvalue weighted by atomic mass is 10.0. The number of aryl methyl sites for hydroxylation is 1. The van der Waals surface area contributed by atoms with E-state index >= 15 is 0 Å². The second-order valence-electron chi connectivity index (χ2n) is 6.21. The van der Waals surface area contributed by atoms with Crippen LogP contribution in [0.4, 0.5) is 10.1 Å². The zero-order valence-electron chi connectivity index (χ0n) is 14.9. The SMILES string of the molecule is C=CCN1C(=O)C(CC(=O)c2ccc(C)cc2)SC1=Nc1ccc(F)cc1. The molecule has 0 bridgehead atoms. The summed E-state index contributed by atoms with van der Waals surface area (Å²) >= 11 is 1.26. The molecule has 4 nitrogen and oxygen atoms in total. The Morgan fingerprint density at radius 1 is 1.22 bits per heavy atom. The average molecular weight is 382 g/mol. The number of Topliss-reactive ketones (excluding diaryl/α,β-unsaturated/α-hetero) is 1. The van der Waals surface area contributed by atoms with E-state index in [4.69, 9.17) is 0 Å². The predicted octanol–water partition coefficient (Wildman–Crippen LogP) is 4.52. The summed E-state index contributed by atoms with van der Waals surface area (Å²) in [6, 6.07) is 13.0. The third kappa shape index (κ3) is 4.52. The van der Waals surface area contributed by atoms with Crippen LogP contribution in [0.2, 0.25) is 0 Å². The molecule has 1 unspecified atom stereocenters. The molecule has 3 rings (SSSR count). The molecule has 0 spiro atoms. The average Bonchev–Trinajstić information content (AvgIpc) is 2.93. The van der Waals surface area contributed by atoms with Crippen molar-refractivity contribution in [2.45, 2.75) is 18.6 Å². The highest BCUT2D eigenvalue weighted by Gasteiger charge is 2.38. The van der Waals surface area contributed by atoms with Crippen molar-refractivity contribution in [1.29, 1.82) is 0 Å². The Labute approximate surface area is 161 Å². The Morgan fingerprint density at radius 2 is 1.89 bits per heavy atom. The summed E-state index contributed by atoms with van der Waals surface area (Å²) in [5.74, 6) is -0.595. The fraction of sp³-hybridized carbons (Fsp3) is 0.190. The topological polar surface area (TPSA) is 49.7 Å². The molecule has 0 saturated carbocycles. The summed E-state index contributed by atoms with van der Waals surface area (Å²) < 4.78 is 13.1. The van der Waals surface area contributed by atoms with Crippen LogP contribution in [0.1, 0.15) is 22.3 Å². The number of hydrogen-bond acceptors (Lipinski definition) is 4. The molecule has 27 heavy (non-hydrogen) atoms. The number of amides is 1. The van der Waals surface area contributed by atoms with Crippen molar-refractivity contribution in [2.75, 3.05) is 6.54 Å². The quantitative estimate of drug-likeness (QED) is 0.545. The van der Waals surface area contributed by atoms with Gasteiger partial charge in [0.05, 0.1) is 10.9 Å². The highest BCUT2D eigenvalue weighted by Crippen LogP contribution is 2.32. The van der Waals surface area contributed by atoms with E-state index in [9.17, 15) is 14.0 Å². The van der Waals surface area contributed by atoms with E-state index in [1.807, 2.05) is 19.1 Å². The zero-order chi connectivity index (χ0) is 19.4. The number of nitrogens with zero attached hydrogens (tertiary/aromatic N) is 2. The van der Waals surface area contributed by atoms with Crippen molar-refractivity contribution in [3.05, 3.63) is 78.1 Å². The molecule has 1 saturated heterocycles. The van der Waals surface area contributed by atoms with Gasteiger partial charge in [0, 0.05) is 18.5 Å². The fourth-order valence-corrected chi connectivity index (χ4v) is 3.84.